The summed E-state index contributed by atoms with van der Waals surface area (Å²) in [6.07, 6.45) is 1.46. The van der Waals surface area contributed by atoms with Gasteiger partial charge >= 0.3 is 0 Å². The van der Waals surface area contributed by atoms with Crippen molar-refractivity contribution in [3.8, 4) is 11.5 Å². The molecule has 0 atom stereocenters. The first kappa shape index (κ1) is 17.5. The monoisotopic (exact) mass is 355 g/mol. The van der Waals surface area contributed by atoms with Gasteiger partial charge in [-0.2, -0.15) is 0 Å². The molecule has 3 aromatic rings. The van der Waals surface area contributed by atoms with Crippen LogP contribution >= 0.6 is 0 Å². The molecule has 0 fully saturated rings. The third kappa shape index (κ3) is 3.51. The van der Waals surface area contributed by atoms with Crippen LogP contribution in [-0.2, 0) is 0 Å². The molecule has 134 valence electrons. The molecule has 1 heterocycles. The smallest absolute Gasteiger partial charge is 0.271 e. The summed E-state index contributed by atoms with van der Waals surface area (Å²) in [6, 6.07) is 9.48. The van der Waals surface area contributed by atoms with Gasteiger partial charge < -0.3 is 9.47 Å². The van der Waals surface area contributed by atoms with Crippen molar-refractivity contribution in [2.45, 2.75) is 6.92 Å². The van der Waals surface area contributed by atoms with Crippen LogP contribution in [0.1, 0.15) is 15.9 Å². The second-order valence-electron chi connectivity index (χ2n) is 5.66. The normalized spacial score (nSPS) is 10.5. The number of carbonyl (C=O) groups excluding carboxylic acids is 1. The van der Waals surface area contributed by atoms with Crippen LogP contribution in [0, 0.1) is 12.7 Å². The lowest BCUT2D eigenvalue weighted by molar-refractivity contribution is 0.0962. The number of ether oxygens (including phenoxy) is 2. The number of benzene rings is 2. The topological polar surface area (TPSA) is 72.5 Å². The molecule has 0 radical (unpaired) electrons. The molecule has 0 saturated carbocycles. The van der Waals surface area contributed by atoms with Gasteiger partial charge in [-0.05, 0) is 36.8 Å². The van der Waals surface area contributed by atoms with Gasteiger partial charge in [0.2, 0.25) is 0 Å². The molecular formula is C19H18FN3O3. The lowest BCUT2D eigenvalue weighted by Crippen LogP contribution is -2.29. The predicted molar refractivity (Wildman–Crippen MR) is 97.1 cm³/mol. The maximum atomic E-state index is 13.3. The zero-order chi connectivity index (χ0) is 18.7. The van der Waals surface area contributed by atoms with Gasteiger partial charge in [-0.3, -0.25) is 20.6 Å². The Hall–Kier alpha value is -3.35. The second kappa shape index (κ2) is 7.26. The van der Waals surface area contributed by atoms with Crippen LogP contribution in [0.4, 0.5) is 10.1 Å². The number of halogens is 1. The van der Waals surface area contributed by atoms with Crippen LogP contribution in [0.15, 0.2) is 42.6 Å². The minimum atomic E-state index is -0.391. The molecule has 1 aromatic heterocycles. The molecule has 2 aromatic carbocycles. The SMILES string of the molecule is COc1cc2cc(C(=O)NNc3cc(F)ccc3C)cnc2cc1OC. The number of aromatic nitrogens is 1. The van der Waals surface area contributed by atoms with E-state index in [-0.39, 0.29) is 5.82 Å². The molecule has 6 nitrogen and oxygen atoms in total. The lowest BCUT2D eigenvalue weighted by atomic mass is 10.1. The van der Waals surface area contributed by atoms with E-state index in [4.69, 9.17) is 9.47 Å². The van der Waals surface area contributed by atoms with E-state index in [0.717, 1.165) is 10.9 Å². The van der Waals surface area contributed by atoms with Gasteiger partial charge in [0, 0.05) is 17.6 Å². The molecule has 0 aliphatic carbocycles. The van der Waals surface area contributed by atoms with Crippen LogP contribution in [0.25, 0.3) is 10.9 Å². The van der Waals surface area contributed by atoms with Gasteiger partial charge in [-0.1, -0.05) is 6.07 Å². The van der Waals surface area contributed by atoms with Crippen LogP contribution in [0.5, 0.6) is 11.5 Å². The van der Waals surface area contributed by atoms with Gasteiger partial charge in [-0.15, -0.1) is 0 Å². The number of aryl methyl sites for hydroxylation is 1. The fourth-order valence-corrected chi connectivity index (χ4v) is 2.50. The summed E-state index contributed by atoms with van der Waals surface area (Å²) in [4.78, 5) is 16.7. The van der Waals surface area contributed by atoms with E-state index in [1.165, 1.54) is 18.3 Å². The first-order valence-electron chi connectivity index (χ1n) is 7.86. The molecule has 0 aliphatic heterocycles. The van der Waals surface area contributed by atoms with Crippen molar-refractivity contribution in [3.05, 3.63) is 59.5 Å². The molecule has 26 heavy (non-hydrogen) atoms. The third-order valence-corrected chi connectivity index (χ3v) is 3.96. The number of amides is 1. The summed E-state index contributed by atoms with van der Waals surface area (Å²) in [5.41, 5.74) is 7.59. The van der Waals surface area contributed by atoms with E-state index in [9.17, 15) is 9.18 Å². The Bertz CT molecular complexity index is 976. The largest absolute Gasteiger partial charge is 0.493 e. The van der Waals surface area contributed by atoms with E-state index < -0.39 is 5.91 Å². The number of hydrogen-bond donors (Lipinski definition) is 2. The Morgan fingerprint density at radius 3 is 2.54 bits per heavy atom. The highest BCUT2D eigenvalue weighted by molar-refractivity contribution is 5.98. The summed E-state index contributed by atoms with van der Waals surface area (Å²) in [5.74, 6) is 0.333. The first-order chi connectivity index (χ1) is 12.5. The highest BCUT2D eigenvalue weighted by Crippen LogP contribution is 2.31. The Morgan fingerprint density at radius 2 is 1.81 bits per heavy atom. The molecular weight excluding hydrogens is 337 g/mol. The van der Waals surface area contributed by atoms with Crippen molar-refractivity contribution in [1.29, 1.82) is 0 Å². The number of pyridine rings is 1. The predicted octanol–water partition coefficient (Wildman–Crippen LogP) is 3.46. The summed E-state index contributed by atoms with van der Waals surface area (Å²) in [6.45, 7) is 1.81. The van der Waals surface area contributed by atoms with E-state index in [2.05, 4.69) is 15.8 Å². The van der Waals surface area contributed by atoms with E-state index in [1.54, 1.807) is 38.5 Å². The Labute approximate surface area is 149 Å². The number of fused-ring (bicyclic) bond motifs is 1. The number of anilines is 1. The zero-order valence-corrected chi connectivity index (χ0v) is 14.6. The molecule has 0 unspecified atom stereocenters. The average molecular weight is 355 g/mol. The number of nitrogens with zero attached hydrogens (tertiary/aromatic N) is 1. The molecule has 0 spiro atoms. The van der Waals surface area contributed by atoms with Crippen molar-refractivity contribution in [3.63, 3.8) is 0 Å². The molecule has 0 aliphatic rings. The summed E-state index contributed by atoms with van der Waals surface area (Å²) >= 11 is 0. The van der Waals surface area contributed by atoms with Crippen LogP contribution < -0.4 is 20.3 Å². The zero-order valence-electron chi connectivity index (χ0n) is 14.6. The van der Waals surface area contributed by atoms with Gasteiger partial charge in [0.15, 0.2) is 11.5 Å². The second-order valence-corrected chi connectivity index (χ2v) is 5.66. The molecule has 3 rings (SSSR count). The Balaban J connectivity index is 1.83. The fraction of sp³-hybridized carbons (Fsp3) is 0.158. The number of hydrogen-bond acceptors (Lipinski definition) is 5. The quantitative estimate of drug-likeness (QED) is 0.686. The van der Waals surface area contributed by atoms with Crippen molar-refractivity contribution >= 4 is 22.5 Å². The lowest BCUT2D eigenvalue weighted by Gasteiger charge is -2.12. The van der Waals surface area contributed by atoms with Crippen molar-refractivity contribution < 1.29 is 18.7 Å². The average Bonchev–Trinajstić information content (AvgIpc) is 2.66. The maximum absolute atomic E-state index is 13.3. The van der Waals surface area contributed by atoms with Gasteiger partial charge in [0.05, 0.1) is 31.0 Å². The third-order valence-electron chi connectivity index (χ3n) is 3.96. The minimum Gasteiger partial charge on any atom is -0.493 e. The van der Waals surface area contributed by atoms with Crippen molar-refractivity contribution in [1.82, 2.24) is 10.4 Å². The molecule has 1 amide bonds. The highest BCUT2D eigenvalue weighted by atomic mass is 19.1. The highest BCUT2D eigenvalue weighted by Gasteiger charge is 2.11. The molecule has 0 bridgehead atoms. The van der Waals surface area contributed by atoms with Gasteiger partial charge in [0.25, 0.3) is 5.91 Å². The fourth-order valence-electron chi connectivity index (χ4n) is 2.50. The van der Waals surface area contributed by atoms with Crippen molar-refractivity contribution in [2.24, 2.45) is 0 Å². The number of hydrazine groups is 1. The molecule has 7 heteroatoms. The molecule has 0 saturated heterocycles. The summed E-state index contributed by atoms with van der Waals surface area (Å²) < 4.78 is 23.8. The van der Waals surface area contributed by atoms with E-state index >= 15 is 0 Å². The number of carbonyl (C=O) groups is 1. The van der Waals surface area contributed by atoms with Crippen LogP contribution in [0.2, 0.25) is 0 Å². The Kier molecular flexibility index (Phi) is 4.88. The van der Waals surface area contributed by atoms with Gasteiger partial charge in [-0.25, -0.2) is 4.39 Å². The Morgan fingerprint density at radius 1 is 1.08 bits per heavy atom. The van der Waals surface area contributed by atoms with Gasteiger partial charge in [0.1, 0.15) is 5.82 Å². The summed E-state index contributed by atoms with van der Waals surface area (Å²) in [7, 11) is 3.09. The number of methoxy groups -OCH3 is 2. The standard InChI is InChI=1S/C19H18FN3O3/c1-11-4-5-14(20)8-15(11)22-23-19(24)13-6-12-7-17(25-2)18(26-3)9-16(12)21-10-13/h4-10,22H,1-3H3,(H,23,24). The van der Waals surface area contributed by atoms with Crippen LogP contribution in [-0.4, -0.2) is 25.1 Å². The number of nitrogens with one attached hydrogen (secondary N) is 2. The van der Waals surface area contributed by atoms with E-state index in [1.807, 2.05) is 6.92 Å². The van der Waals surface area contributed by atoms with Crippen molar-refractivity contribution in [2.75, 3.05) is 19.6 Å². The summed E-state index contributed by atoms with van der Waals surface area (Å²) in [5, 5.41) is 0.734. The molecule has 2 N–H and O–H groups in total. The minimum absolute atomic E-state index is 0.353. The van der Waals surface area contributed by atoms with Crippen LogP contribution in [0.3, 0.4) is 0 Å². The maximum Gasteiger partial charge on any atom is 0.271 e. The number of rotatable bonds is 5. The van der Waals surface area contributed by atoms with E-state index in [0.29, 0.717) is 28.3 Å². The first-order valence-corrected chi connectivity index (χ1v) is 7.86.